The molecule has 0 radical (unpaired) electrons. The Balaban J connectivity index is 1.94. The summed E-state index contributed by atoms with van der Waals surface area (Å²) < 4.78 is 11.4. The summed E-state index contributed by atoms with van der Waals surface area (Å²) in [7, 11) is 1.68. The van der Waals surface area contributed by atoms with Crippen molar-refractivity contribution in [1.29, 1.82) is 0 Å². The minimum Gasteiger partial charge on any atom is -0.496 e. The topological polar surface area (TPSA) is 43.4 Å². The van der Waals surface area contributed by atoms with Crippen LogP contribution < -0.4 is 14.8 Å². The van der Waals surface area contributed by atoms with Gasteiger partial charge in [-0.1, -0.05) is 6.07 Å². The number of nitrogens with one attached hydrogen (secondary N) is 1. The number of hydrogen-bond acceptors (Lipinski definition) is 4. The van der Waals surface area contributed by atoms with E-state index in [0.717, 1.165) is 42.5 Å². The summed E-state index contributed by atoms with van der Waals surface area (Å²) >= 11 is 0. The molecule has 0 bridgehead atoms. The summed E-state index contributed by atoms with van der Waals surface area (Å²) in [5.41, 5.74) is 0. The molecule has 19 heavy (non-hydrogen) atoms. The summed E-state index contributed by atoms with van der Waals surface area (Å²) in [6.45, 7) is 1.97. The molecule has 1 unspecified atom stereocenters. The Kier molecular flexibility index (Phi) is 3.51. The summed E-state index contributed by atoms with van der Waals surface area (Å²) in [6.07, 6.45) is 4.21. The number of hydrogen-bond donors (Lipinski definition) is 1. The van der Waals surface area contributed by atoms with E-state index in [1.54, 1.807) is 13.3 Å². The van der Waals surface area contributed by atoms with E-state index in [1.165, 1.54) is 0 Å². The fourth-order valence-corrected chi connectivity index (χ4v) is 2.50. The molecule has 4 nitrogen and oxygen atoms in total. The lowest BCUT2D eigenvalue weighted by molar-refractivity contribution is 0.163. The molecule has 1 aromatic carbocycles. The average Bonchev–Trinajstić information content (AvgIpc) is 2.48. The Morgan fingerprint density at radius 1 is 1.26 bits per heavy atom. The monoisotopic (exact) mass is 258 g/mol. The molecule has 1 atom stereocenters. The molecule has 1 aliphatic heterocycles. The quantitative estimate of drug-likeness (QED) is 0.918. The Hall–Kier alpha value is -1.81. The Labute approximate surface area is 112 Å². The zero-order valence-electron chi connectivity index (χ0n) is 11.1. The standard InChI is InChI=1S/C15H18N2O2/c1-18-14-6-2-5-13-12(14)7-9-17-15(13)19-11-4-3-8-16-10-11/h2,5-7,9,11,16H,3-4,8,10H2,1H3. The highest BCUT2D eigenvalue weighted by molar-refractivity contribution is 5.91. The van der Waals surface area contributed by atoms with Crippen LogP contribution in [0.5, 0.6) is 11.6 Å². The van der Waals surface area contributed by atoms with Gasteiger partial charge in [0, 0.05) is 23.5 Å². The number of methoxy groups -OCH3 is 1. The molecule has 3 rings (SSSR count). The first-order valence-electron chi connectivity index (χ1n) is 6.67. The van der Waals surface area contributed by atoms with Crippen molar-refractivity contribution in [2.24, 2.45) is 0 Å². The van der Waals surface area contributed by atoms with Crippen LogP contribution in [-0.4, -0.2) is 31.3 Å². The molecule has 0 amide bonds. The van der Waals surface area contributed by atoms with Crippen LogP contribution in [0, 0.1) is 0 Å². The predicted molar refractivity (Wildman–Crippen MR) is 74.8 cm³/mol. The molecule has 1 aromatic heterocycles. The summed E-state index contributed by atoms with van der Waals surface area (Å²) in [6, 6.07) is 7.90. The zero-order valence-corrected chi connectivity index (χ0v) is 11.1. The fourth-order valence-electron chi connectivity index (χ4n) is 2.50. The number of fused-ring (bicyclic) bond motifs is 1. The number of rotatable bonds is 3. The van der Waals surface area contributed by atoms with E-state index in [2.05, 4.69) is 10.3 Å². The number of nitrogens with zero attached hydrogens (tertiary/aromatic N) is 1. The largest absolute Gasteiger partial charge is 0.496 e. The van der Waals surface area contributed by atoms with E-state index in [0.29, 0.717) is 5.88 Å². The first kappa shape index (κ1) is 12.2. The van der Waals surface area contributed by atoms with Crippen LogP contribution in [0.2, 0.25) is 0 Å². The lowest BCUT2D eigenvalue weighted by Crippen LogP contribution is -2.37. The van der Waals surface area contributed by atoms with Gasteiger partial charge in [0.1, 0.15) is 11.9 Å². The second-order valence-corrected chi connectivity index (χ2v) is 4.76. The van der Waals surface area contributed by atoms with E-state index in [-0.39, 0.29) is 6.10 Å². The lowest BCUT2D eigenvalue weighted by atomic mass is 10.1. The third kappa shape index (κ3) is 2.49. The van der Waals surface area contributed by atoms with Gasteiger partial charge in [-0.3, -0.25) is 0 Å². The van der Waals surface area contributed by atoms with Gasteiger partial charge >= 0.3 is 0 Å². The minimum absolute atomic E-state index is 0.207. The van der Waals surface area contributed by atoms with Gasteiger partial charge in [-0.15, -0.1) is 0 Å². The van der Waals surface area contributed by atoms with Crippen molar-refractivity contribution in [2.75, 3.05) is 20.2 Å². The normalized spacial score (nSPS) is 19.3. The number of pyridine rings is 1. The van der Waals surface area contributed by atoms with Crippen molar-refractivity contribution in [1.82, 2.24) is 10.3 Å². The molecule has 100 valence electrons. The van der Waals surface area contributed by atoms with Crippen LogP contribution >= 0.6 is 0 Å². The number of benzene rings is 1. The maximum atomic E-state index is 6.04. The SMILES string of the molecule is COc1cccc2c(OC3CCCNC3)nccc12. The number of piperidine rings is 1. The fraction of sp³-hybridized carbons (Fsp3) is 0.400. The third-order valence-electron chi connectivity index (χ3n) is 3.48. The van der Waals surface area contributed by atoms with Gasteiger partial charge in [0.15, 0.2) is 0 Å². The van der Waals surface area contributed by atoms with Gasteiger partial charge < -0.3 is 14.8 Å². The predicted octanol–water partition coefficient (Wildman–Crippen LogP) is 2.37. The van der Waals surface area contributed by atoms with E-state index in [4.69, 9.17) is 9.47 Å². The van der Waals surface area contributed by atoms with Gasteiger partial charge in [-0.2, -0.15) is 0 Å². The van der Waals surface area contributed by atoms with E-state index < -0.39 is 0 Å². The molecule has 2 heterocycles. The Morgan fingerprint density at radius 2 is 2.21 bits per heavy atom. The number of ether oxygens (including phenoxy) is 2. The molecule has 1 saturated heterocycles. The second-order valence-electron chi connectivity index (χ2n) is 4.76. The van der Waals surface area contributed by atoms with Crippen LogP contribution in [0.1, 0.15) is 12.8 Å². The highest BCUT2D eigenvalue weighted by atomic mass is 16.5. The summed E-state index contributed by atoms with van der Waals surface area (Å²) in [4.78, 5) is 4.37. The van der Waals surface area contributed by atoms with Gasteiger partial charge in [0.05, 0.1) is 7.11 Å². The van der Waals surface area contributed by atoms with Crippen molar-refractivity contribution < 1.29 is 9.47 Å². The molecule has 1 fully saturated rings. The molecular formula is C15H18N2O2. The second kappa shape index (κ2) is 5.45. The van der Waals surface area contributed by atoms with Gasteiger partial charge in [-0.05, 0) is 37.6 Å². The summed E-state index contributed by atoms with van der Waals surface area (Å²) in [5.74, 6) is 1.55. The number of aromatic nitrogens is 1. The van der Waals surface area contributed by atoms with Crippen molar-refractivity contribution in [2.45, 2.75) is 18.9 Å². The van der Waals surface area contributed by atoms with E-state index in [1.807, 2.05) is 24.3 Å². The Morgan fingerprint density at radius 3 is 3.00 bits per heavy atom. The Bertz CT molecular complexity index is 565. The third-order valence-corrected chi connectivity index (χ3v) is 3.48. The van der Waals surface area contributed by atoms with E-state index >= 15 is 0 Å². The van der Waals surface area contributed by atoms with Crippen LogP contribution in [0.4, 0.5) is 0 Å². The van der Waals surface area contributed by atoms with Crippen LogP contribution in [0.15, 0.2) is 30.5 Å². The molecule has 2 aromatic rings. The highest BCUT2D eigenvalue weighted by Gasteiger charge is 2.16. The smallest absolute Gasteiger partial charge is 0.221 e. The first-order valence-corrected chi connectivity index (χ1v) is 6.67. The summed E-state index contributed by atoms with van der Waals surface area (Å²) in [5, 5.41) is 5.40. The average molecular weight is 258 g/mol. The molecule has 0 spiro atoms. The molecule has 1 N–H and O–H groups in total. The first-order chi connectivity index (χ1) is 9.38. The van der Waals surface area contributed by atoms with Crippen molar-refractivity contribution >= 4 is 10.8 Å². The van der Waals surface area contributed by atoms with Crippen molar-refractivity contribution in [3.8, 4) is 11.6 Å². The van der Waals surface area contributed by atoms with Gasteiger partial charge in [0.25, 0.3) is 0 Å². The molecule has 1 aliphatic rings. The zero-order chi connectivity index (χ0) is 13.1. The maximum Gasteiger partial charge on any atom is 0.221 e. The molecule has 4 heteroatoms. The van der Waals surface area contributed by atoms with Crippen LogP contribution in [0.3, 0.4) is 0 Å². The van der Waals surface area contributed by atoms with Crippen LogP contribution in [0.25, 0.3) is 10.8 Å². The molecular weight excluding hydrogens is 240 g/mol. The lowest BCUT2D eigenvalue weighted by Gasteiger charge is -2.24. The van der Waals surface area contributed by atoms with E-state index in [9.17, 15) is 0 Å². The van der Waals surface area contributed by atoms with Crippen molar-refractivity contribution in [3.05, 3.63) is 30.5 Å². The van der Waals surface area contributed by atoms with Gasteiger partial charge in [0.2, 0.25) is 5.88 Å². The van der Waals surface area contributed by atoms with Crippen molar-refractivity contribution in [3.63, 3.8) is 0 Å². The maximum absolute atomic E-state index is 6.04. The van der Waals surface area contributed by atoms with Crippen LogP contribution in [-0.2, 0) is 0 Å². The molecule has 0 aliphatic carbocycles. The minimum atomic E-state index is 0.207. The highest BCUT2D eigenvalue weighted by Crippen LogP contribution is 2.31. The molecule has 0 saturated carbocycles. The van der Waals surface area contributed by atoms with Gasteiger partial charge in [-0.25, -0.2) is 4.98 Å².